The topological polar surface area (TPSA) is 60.9 Å². The van der Waals surface area contributed by atoms with Crippen molar-refractivity contribution in [2.24, 2.45) is 11.8 Å². The maximum atomic E-state index is 11.9. The number of rotatable bonds is 5. The molecule has 1 aliphatic carbocycles. The van der Waals surface area contributed by atoms with Crippen molar-refractivity contribution in [1.29, 1.82) is 0 Å². The van der Waals surface area contributed by atoms with Gasteiger partial charge in [-0.2, -0.15) is 4.31 Å². The summed E-state index contributed by atoms with van der Waals surface area (Å²) in [6, 6.07) is 0. The minimum atomic E-state index is -3.04. The Hall–Kier alpha value is -0.170. The minimum absolute atomic E-state index is 0.0260. The van der Waals surface area contributed by atoms with Gasteiger partial charge in [0.25, 0.3) is 0 Å². The first-order valence-corrected chi connectivity index (χ1v) is 8.94. The molecule has 0 radical (unpaired) electrons. The molecule has 1 unspecified atom stereocenters. The molecule has 1 N–H and O–H groups in total. The quantitative estimate of drug-likeness (QED) is 0.780. The van der Waals surface area contributed by atoms with Gasteiger partial charge < -0.3 is 5.11 Å². The van der Waals surface area contributed by atoms with Crippen LogP contribution in [0.4, 0.5) is 0 Å². The Morgan fingerprint density at radius 2 is 1.95 bits per heavy atom. The normalized spacial score (nSPS) is 31.8. The lowest BCUT2D eigenvalue weighted by atomic mass is 9.86. The second-order valence-corrected chi connectivity index (χ2v) is 8.75. The summed E-state index contributed by atoms with van der Waals surface area (Å²) >= 11 is 0. The van der Waals surface area contributed by atoms with Gasteiger partial charge >= 0.3 is 0 Å². The molecule has 2 aliphatic heterocycles. The van der Waals surface area contributed by atoms with Crippen molar-refractivity contribution in [1.82, 2.24) is 9.21 Å². The fraction of sp³-hybridized carbons (Fsp3) is 1.00. The van der Waals surface area contributed by atoms with Crippen molar-refractivity contribution in [3.8, 4) is 0 Å². The lowest BCUT2D eigenvalue weighted by Crippen LogP contribution is -2.69. The molecule has 19 heavy (non-hydrogen) atoms. The van der Waals surface area contributed by atoms with Gasteiger partial charge in [0.15, 0.2) is 0 Å². The van der Waals surface area contributed by atoms with E-state index in [0.29, 0.717) is 19.0 Å². The number of aliphatic hydroxyl groups excluding tert-OH is 1. The van der Waals surface area contributed by atoms with Gasteiger partial charge in [-0.15, -0.1) is 0 Å². The van der Waals surface area contributed by atoms with Gasteiger partial charge in [0.05, 0.1) is 5.75 Å². The largest absolute Gasteiger partial charge is 0.396 e. The fourth-order valence-corrected chi connectivity index (χ4v) is 4.80. The van der Waals surface area contributed by atoms with Crippen molar-refractivity contribution >= 4 is 10.0 Å². The van der Waals surface area contributed by atoms with Crippen molar-refractivity contribution in [3.63, 3.8) is 0 Å². The smallest absolute Gasteiger partial charge is 0.213 e. The van der Waals surface area contributed by atoms with Crippen LogP contribution in [-0.4, -0.2) is 66.8 Å². The molecular formula is C13H24N2O3S. The Morgan fingerprint density at radius 3 is 2.47 bits per heavy atom. The number of aliphatic hydroxyl groups is 1. The second-order valence-electron chi connectivity index (χ2n) is 6.49. The highest BCUT2D eigenvalue weighted by atomic mass is 32.2. The van der Waals surface area contributed by atoms with E-state index in [4.69, 9.17) is 0 Å². The second kappa shape index (κ2) is 4.69. The Balaban J connectivity index is 1.68. The van der Waals surface area contributed by atoms with E-state index >= 15 is 0 Å². The molecule has 6 heteroatoms. The number of nitrogens with zero attached hydrogens (tertiary/aromatic N) is 2. The highest BCUT2D eigenvalue weighted by molar-refractivity contribution is 7.89. The molecule has 3 aliphatic rings. The van der Waals surface area contributed by atoms with Gasteiger partial charge in [0.2, 0.25) is 10.0 Å². The van der Waals surface area contributed by atoms with Gasteiger partial charge in [-0.1, -0.05) is 0 Å². The zero-order chi connectivity index (χ0) is 13.7. The van der Waals surface area contributed by atoms with Crippen molar-refractivity contribution in [2.75, 3.05) is 38.5 Å². The van der Waals surface area contributed by atoms with Crippen LogP contribution < -0.4 is 0 Å². The van der Waals surface area contributed by atoms with Gasteiger partial charge in [-0.05, 0) is 38.0 Å². The Morgan fingerprint density at radius 1 is 1.26 bits per heavy atom. The Kier molecular flexibility index (Phi) is 3.40. The van der Waals surface area contributed by atoms with E-state index in [0.717, 1.165) is 25.4 Å². The third kappa shape index (κ3) is 2.44. The van der Waals surface area contributed by atoms with Crippen LogP contribution in [0.2, 0.25) is 0 Å². The molecule has 2 saturated heterocycles. The van der Waals surface area contributed by atoms with E-state index in [1.807, 2.05) is 0 Å². The maximum absolute atomic E-state index is 11.9. The van der Waals surface area contributed by atoms with Gasteiger partial charge in [0, 0.05) is 38.3 Å². The number of hydrogen-bond acceptors (Lipinski definition) is 4. The fourth-order valence-electron chi connectivity index (χ4n) is 3.56. The molecule has 0 amide bonds. The minimum Gasteiger partial charge on any atom is -0.396 e. The van der Waals surface area contributed by atoms with Gasteiger partial charge in [-0.25, -0.2) is 8.42 Å². The third-order valence-electron chi connectivity index (χ3n) is 4.95. The van der Waals surface area contributed by atoms with Crippen LogP contribution in [0, 0.1) is 11.8 Å². The number of likely N-dealkylation sites (tertiary alicyclic amines) is 1. The molecule has 3 fully saturated rings. The van der Waals surface area contributed by atoms with Crippen LogP contribution in [0.5, 0.6) is 0 Å². The van der Waals surface area contributed by atoms with E-state index < -0.39 is 10.0 Å². The summed E-state index contributed by atoms with van der Waals surface area (Å²) in [5.41, 5.74) is 0.0260. The zero-order valence-electron chi connectivity index (χ0n) is 11.6. The van der Waals surface area contributed by atoms with Crippen molar-refractivity contribution in [3.05, 3.63) is 0 Å². The molecule has 1 spiro atoms. The van der Waals surface area contributed by atoms with Crippen LogP contribution in [0.3, 0.4) is 0 Å². The van der Waals surface area contributed by atoms with Gasteiger partial charge in [0.1, 0.15) is 0 Å². The molecule has 1 saturated carbocycles. The van der Waals surface area contributed by atoms with Crippen molar-refractivity contribution in [2.45, 2.75) is 31.7 Å². The summed E-state index contributed by atoms with van der Waals surface area (Å²) in [6.07, 6.45) is 3.58. The summed E-state index contributed by atoms with van der Waals surface area (Å²) in [7, 11) is -3.04. The summed E-state index contributed by atoms with van der Waals surface area (Å²) < 4.78 is 25.4. The predicted molar refractivity (Wildman–Crippen MR) is 73.3 cm³/mol. The standard InChI is InChI=1S/C13H24N2O3S/c1-2-19(17,18)15-9-13(10-15)5-12(8-16)7-14(13)6-11-3-4-11/h11-12,16H,2-10H2,1H3. The van der Waals surface area contributed by atoms with E-state index in [1.165, 1.54) is 12.8 Å². The first-order valence-electron chi connectivity index (χ1n) is 7.33. The first-order chi connectivity index (χ1) is 8.99. The molecule has 1 atom stereocenters. The Labute approximate surface area is 115 Å². The van der Waals surface area contributed by atoms with E-state index in [1.54, 1.807) is 11.2 Å². The first kappa shape index (κ1) is 13.8. The van der Waals surface area contributed by atoms with Crippen molar-refractivity contribution < 1.29 is 13.5 Å². The molecule has 2 heterocycles. The average Bonchev–Trinajstić information content (AvgIpc) is 3.06. The summed E-state index contributed by atoms with van der Waals surface area (Å²) in [6.45, 7) is 5.22. The van der Waals surface area contributed by atoms with E-state index in [-0.39, 0.29) is 17.9 Å². The van der Waals surface area contributed by atoms with E-state index in [2.05, 4.69) is 4.90 Å². The summed E-state index contributed by atoms with van der Waals surface area (Å²) in [4.78, 5) is 2.47. The van der Waals surface area contributed by atoms with Crippen LogP contribution in [0.15, 0.2) is 0 Å². The Bertz CT molecular complexity index is 441. The summed E-state index contributed by atoms with van der Waals surface area (Å²) in [5.74, 6) is 1.33. The lowest BCUT2D eigenvalue weighted by Gasteiger charge is -2.52. The summed E-state index contributed by atoms with van der Waals surface area (Å²) in [5, 5.41) is 9.40. The molecule has 0 aromatic rings. The molecule has 0 bridgehead atoms. The van der Waals surface area contributed by atoms with Gasteiger partial charge in [-0.3, -0.25) is 4.90 Å². The number of sulfonamides is 1. The monoisotopic (exact) mass is 288 g/mol. The van der Waals surface area contributed by atoms with Crippen LogP contribution in [-0.2, 0) is 10.0 Å². The number of hydrogen-bond donors (Lipinski definition) is 1. The SMILES string of the molecule is CCS(=O)(=O)N1CC2(CC(CO)CN2CC2CC2)C1. The van der Waals surface area contributed by atoms with E-state index in [9.17, 15) is 13.5 Å². The third-order valence-corrected chi connectivity index (χ3v) is 6.73. The zero-order valence-corrected chi connectivity index (χ0v) is 12.4. The lowest BCUT2D eigenvalue weighted by molar-refractivity contribution is 0.0169. The highest BCUT2D eigenvalue weighted by Gasteiger charge is 2.56. The maximum Gasteiger partial charge on any atom is 0.213 e. The predicted octanol–water partition coefficient (Wildman–Crippen LogP) is 0.115. The van der Waals surface area contributed by atoms with Crippen LogP contribution in [0.1, 0.15) is 26.2 Å². The molecular weight excluding hydrogens is 264 g/mol. The molecule has 110 valence electrons. The molecule has 0 aromatic heterocycles. The molecule has 3 rings (SSSR count). The van der Waals surface area contributed by atoms with Crippen LogP contribution in [0.25, 0.3) is 0 Å². The van der Waals surface area contributed by atoms with Crippen LogP contribution >= 0.6 is 0 Å². The molecule has 0 aromatic carbocycles. The highest BCUT2D eigenvalue weighted by Crippen LogP contribution is 2.44. The average molecular weight is 288 g/mol. The molecule has 5 nitrogen and oxygen atoms in total.